The Hall–Kier alpha value is -1.55. The van der Waals surface area contributed by atoms with Gasteiger partial charge in [0.1, 0.15) is 0 Å². The summed E-state index contributed by atoms with van der Waals surface area (Å²) in [5.41, 5.74) is 3.58. The van der Waals surface area contributed by atoms with Crippen LogP contribution >= 0.6 is 0 Å². The highest BCUT2D eigenvalue weighted by atomic mass is 16.1. The minimum atomic E-state index is 0.0180. The van der Waals surface area contributed by atoms with Gasteiger partial charge in [0.05, 0.1) is 6.54 Å². The molecule has 0 unspecified atom stereocenters. The van der Waals surface area contributed by atoms with Crippen molar-refractivity contribution in [3.63, 3.8) is 0 Å². The van der Waals surface area contributed by atoms with Crippen LogP contribution in [0.25, 0.3) is 0 Å². The maximum atomic E-state index is 11.3. The Labute approximate surface area is 103 Å². The van der Waals surface area contributed by atoms with E-state index in [1.807, 2.05) is 25.1 Å². The van der Waals surface area contributed by atoms with Crippen molar-refractivity contribution in [2.24, 2.45) is 0 Å². The average Bonchev–Trinajstić information content (AvgIpc) is 2.31. The van der Waals surface area contributed by atoms with Gasteiger partial charge in [0.15, 0.2) is 0 Å². The van der Waals surface area contributed by atoms with Gasteiger partial charge < -0.3 is 15.5 Å². The van der Waals surface area contributed by atoms with Gasteiger partial charge in [-0.1, -0.05) is 6.07 Å². The molecule has 0 saturated carbocycles. The highest BCUT2D eigenvalue weighted by Gasteiger charge is 2.07. The number of rotatable bonds is 5. The number of aryl methyl sites for hydroxylation is 1. The van der Waals surface area contributed by atoms with E-state index in [1.165, 1.54) is 11.1 Å². The number of nitrogens with one attached hydrogen (secondary N) is 2. The lowest BCUT2D eigenvalue weighted by atomic mass is 10.1. The Kier molecular flexibility index (Phi) is 4.97. The maximum Gasteiger partial charge on any atom is 0.239 e. The van der Waals surface area contributed by atoms with E-state index in [2.05, 4.69) is 29.7 Å². The summed E-state index contributed by atoms with van der Waals surface area (Å²) in [6.45, 7) is 3.33. The molecule has 0 saturated heterocycles. The number of carbonyl (C=O) groups is 1. The fourth-order valence-corrected chi connectivity index (χ4v) is 1.69. The molecule has 0 heterocycles. The minimum absolute atomic E-state index is 0.0180. The minimum Gasteiger partial charge on any atom is -0.365 e. The summed E-state index contributed by atoms with van der Waals surface area (Å²) in [4.78, 5) is 13.2. The number of hydrogen-bond acceptors (Lipinski definition) is 3. The zero-order chi connectivity index (χ0) is 12.8. The molecular formula is C13H21N3O. The largest absolute Gasteiger partial charge is 0.365 e. The highest BCUT2D eigenvalue weighted by molar-refractivity contribution is 5.80. The summed E-state index contributed by atoms with van der Waals surface area (Å²) < 4.78 is 0. The molecule has 0 fully saturated rings. The summed E-state index contributed by atoms with van der Waals surface area (Å²) in [7, 11) is 5.50. The smallest absolute Gasteiger partial charge is 0.239 e. The molecule has 1 aromatic rings. The fraction of sp³-hybridized carbons (Fsp3) is 0.462. The van der Waals surface area contributed by atoms with Crippen molar-refractivity contribution >= 4 is 11.6 Å². The first-order valence-corrected chi connectivity index (χ1v) is 5.74. The molecule has 1 aromatic carbocycles. The zero-order valence-corrected chi connectivity index (χ0v) is 11.0. The second-order valence-electron chi connectivity index (χ2n) is 4.17. The maximum absolute atomic E-state index is 11.3. The molecular weight excluding hydrogens is 214 g/mol. The van der Waals surface area contributed by atoms with Gasteiger partial charge in [-0.2, -0.15) is 0 Å². The van der Waals surface area contributed by atoms with Crippen LogP contribution in [-0.2, 0) is 11.3 Å². The summed E-state index contributed by atoms with van der Waals surface area (Å²) in [6.07, 6.45) is 0. The number of nitrogens with zero attached hydrogens (tertiary/aromatic N) is 1. The number of hydrogen-bond donors (Lipinski definition) is 2. The van der Waals surface area contributed by atoms with Crippen LogP contribution in [0.15, 0.2) is 18.2 Å². The van der Waals surface area contributed by atoms with Crippen LogP contribution in [0, 0.1) is 6.92 Å². The van der Waals surface area contributed by atoms with Gasteiger partial charge in [-0.15, -0.1) is 0 Å². The van der Waals surface area contributed by atoms with Crippen LogP contribution in [0.1, 0.15) is 11.1 Å². The second-order valence-corrected chi connectivity index (χ2v) is 4.17. The summed E-state index contributed by atoms with van der Waals surface area (Å²) in [6, 6.07) is 6.25. The SMILES string of the molecule is CNCc1ccc(N(C)CC(=O)NC)cc1C. The topological polar surface area (TPSA) is 44.4 Å². The third kappa shape index (κ3) is 3.75. The first-order valence-electron chi connectivity index (χ1n) is 5.74. The van der Waals surface area contributed by atoms with Crippen molar-refractivity contribution in [3.05, 3.63) is 29.3 Å². The Balaban J connectivity index is 2.78. The van der Waals surface area contributed by atoms with Crippen molar-refractivity contribution in [2.75, 3.05) is 32.6 Å². The molecule has 17 heavy (non-hydrogen) atoms. The molecule has 0 bridgehead atoms. The number of anilines is 1. The van der Waals surface area contributed by atoms with Gasteiger partial charge in [-0.05, 0) is 37.2 Å². The molecule has 4 nitrogen and oxygen atoms in total. The van der Waals surface area contributed by atoms with E-state index in [4.69, 9.17) is 0 Å². The summed E-state index contributed by atoms with van der Waals surface area (Å²) in [5.74, 6) is 0.0180. The first-order chi connectivity index (χ1) is 8.08. The van der Waals surface area contributed by atoms with E-state index in [0.717, 1.165) is 12.2 Å². The summed E-state index contributed by atoms with van der Waals surface area (Å²) in [5, 5.41) is 5.76. The fourth-order valence-electron chi connectivity index (χ4n) is 1.69. The van der Waals surface area contributed by atoms with Crippen molar-refractivity contribution in [3.8, 4) is 0 Å². The lowest BCUT2D eigenvalue weighted by Crippen LogP contribution is -2.32. The average molecular weight is 235 g/mol. The van der Waals surface area contributed by atoms with Crippen LogP contribution in [0.3, 0.4) is 0 Å². The van der Waals surface area contributed by atoms with Gasteiger partial charge in [0.25, 0.3) is 0 Å². The second kappa shape index (κ2) is 6.25. The third-order valence-corrected chi connectivity index (χ3v) is 2.79. The van der Waals surface area contributed by atoms with E-state index in [9.17, 15) is 4.79 Å². The van der Waals surface area contributed by atoms with Crippen molar-refractivity contribution in [1.82, 2.24) is 10.6 Å². The van der Waals surface area contributed by atoms with Crippen molar-refractivity contribution in [1.29, 1.82) is 0 Å². The Morgan fingerprint density at radius 2 is 2.06 bits per heavy atom. The zero-order valence-electron chi connectivity index (χ0n) is 11.0. The Bertz CT molecular complexity index is 390. The van der Waals surface area contributed by atoms with Crippen LogP contribution in [0.4, 0.5) is 5.69 Å². The summed E-state index contributed by atoms with van der Waals surface area (Å²) >= 11 is 0. The predicted molar refractivity (Wildman–Crippen MR) is 71.3 cm³/mol. The van der Waals surface area contributed by atoms with Crippen molar-refractivity contribution in [2.45, 2.75) is 13.5 Å². The molecule has 0 aliphatic carbocycles. The number of amides is 1. The lowest BCUT2D eigenvalue weighted by molar-refractivity contribution is -0.119. The van der Waals surface area contributed by atoms with Crippen LogP contribution in [0.5, 0.6) is 0 Å². The first kappa shape index (κ1) is 13.5. The quantitative estimate of drug-likeness (QED) is 0.797. The van der Waals surface area contributed by atoms with Gasteiger partial charge in [0, 0.05) is 26.3 Å². The van der Waals surface area contributed by atoms with E-state index < -0.39 is 0 Å². The van der Waals surface area contributed by atoms with Crippen molar-refractivity contribution < 1.29 is 4.79 Å². The molecule has 0 radical (unpaired) electrons. The molecule has 1 amide bonds. The van der Waals surface area contributed by atoms with Gasteiger partial charge in [-0.25, -0.2) is 0 Å². The molecule has 1 rings (SSSR count). The van der Waals surface area contributed by atoms with Gasteiger partial charge in [0.2, 0.25) is 5.91 Å². The number of carbonyl (C=O) groups excluding carboxylic acids is 1. The van der Waals surface area contributed by atoms with Gasteiger partial charge in [-0.3, -0.25) is 4.79 Å². The Morgan fingerprint density at radius 1 is 1.35 bits per heavy atom. The van der Waals surface area contributed by atoms with Crippen LogP contribution < -0.4 is 15.5 Å². The third-order valence-electron chi connectivity index (χ3n) is 2.79. The van der Waals surface area contributed by atoms with E-state index >= 15 is 0 Å². The monoisotopic (exact) mass is 235 g/mol. The molecule has 2 N–H and O–H groups in total. The molecule has 0 aromatic heterocycles. The van der Waals surface area contributed by atoms with E-state index in [-0.39, 0.29) is 5.91 Å². The standard InChI is InChI=1S/C13H21N3O/c1-10-7-12(6-5-11(10)8-14-2)16(4)9-13(17)15-3/h5-7,14H,8-9H2,1-4H3,(H,15,17). The number of likely N-dealkylation sites (N-methyl/N-ethyl adjacent to an activating group) is 2. The molecule has 4 heteroatoms. The predicted octanol–water partition coefficient (Wildman–Crippen LogP) is 0.897. The highest BCUT2D eigenvalue weighted by Crippen LogP contribution is 2.17. The van der Waals surface area contributed by atoms with Gasteiger partial charge >= 0.3 is 0 Å². The van der Waals surface area contributed by atoms with E-state index in [1.54, 1.807) is 7.05 Å². The molecule has 0 spiro atoms. The molecule has 0 aliphatic rings. The lowest BCUT2D eigenvalue weighted by Gasteiger charge is -2.19. The molecule has 0 aliphatic heterocycles. The molecule has 0 atom stereocenters. The number of benzene rings is 1. The van der Waals surface area contributed by atoms with E-state index in [0.29, 0.717) is 6.54 Å². The Morgan fingerprint density at radius 3 is 2.59 bits per heavy atom. The normalized spacial score (nSPS) is 10.1. The molecule has 94 valence electrons. The van der Waals surface area contributed by atoms with Crippen LogP contribution in [-0.4, -0.2) is 33.6 Å². The van der Waals surface area contributed by atoms with Crippen LogP contribution in [0.2, 0.25) is 0 Å².